The molecule has 0 saturated heterocycles. The summed E-state index contributed by atoms with van der Waals surface area (Å²) in [6, 6.07) is 0. The Balaban J connectivity index is 1.97. The summed E-state index contributed by atoms with van der Waals surface area (Å²) in [5.41, 5.74) is 1.08. The summed E-state index contributed by atoms with van der Waals surface area (Å²) in [5, 5.41) is 10.4. The van der Waals surface area contributed by atoms with Crippen LogP contribution in [0, 0.1) is 0 Å². The Hall–Kier alpha value is -2.29. The van der Waals surface area contributed by atoms with E-state index in [-0.39, 0.29) is 22.2 Å². The number of aromatic nitrogens is 4. The molecular formula is C34H56N4O6Si2. The second-order valence-corrected chi connectivity index (χ2v) is 24.0. The van der Waals surface area contributed by atoms with Crippen LogP contribution in [0.25, 0.3) is 0 Å². The van der Waals surface area contributed by atoms with Crippen molar-refractivity contribution >= 4 is 28.9 Å². The summed E-state index contributed by atoms with van der Waals surface area (Å²) in [4.78, 5) is 27.4. The first-order chi connectivity index (χ1) is 21.7. The van der Waals surface area contributed by atoms with E-state index in [2.05, 4.69) is 76.5 Å². The van der Waals surface area contributed by atoms with Gasteiger partial charge >= 0.3 is 28.9 Å². The molecule has 1 aliphatic heterocycles. The Morgan fingerprint density at radius 2 is 0.935 bits per heavy atom. The van der Waals surface area contributed by atoms with Crippen LogP contribution in [0.2, 0.25) is 22.2 Å². The third kappa shape index (κ3) is 5.35. The first-order valence-corrected chi connectivity index (χ1v) is 21.5. The number of nitrogens with zero attached hydrogens (tertiary/aromatic N) is 4. The van der Waals surface area contributed by atoms with Crippen molar-refractivity contribution in [1.29, 1.82) is 0 Å². The van der Waals surface area contributed by atoms with Crippen molar-refractivity contribution in [2.24, 2.45) is 0 Å². The number of esters is 2. The van der Waals surface area contributed by atoms with E-state index < -0.39 is 40.1 Å². The lowest BCUT2D eigenvalue weighted by molar-refractivity contribution is 0.00185. The van der Waals surface area contributed by atoms with Gasteiger partial charge in [-0.3, -0.25) is 8.69 Å². The quantitative estimate of drug-likeness (QED) is 0.225. The molecule has 0 unspecified atom stereocenters. The SMILES string of the molecule is COC(=O)c1nn2cc1C1(CCCCC1)O[Si](C(C)C)(C(C)C)n1cc(c(C(=O)OC)n1)C1(CCCCC1)O[Si]2(C(C)C)C(C)C. The lowest BCUT2D eigenvalue weighted by atomic mass is 9.80. The Bertz CT molecular complexity index is 1300. The van der Waals surface area contributed by atoms with E-state index in [1.165, 1.54) is 14.2 Å². The van der Waals surface area contributed by atoms with Crippen molar-refractivity contribution in [3.63, 3.8) is 0 Å². The van der Waals surface area contributed by atoms with E-state index in [4.69, 9.17) is 28.5 Å². The zero-order chi connectivity index (χ0) is 33.7. The molecule has 0 aromatic carbocycles. The number of carbonyl (C=O) groups excluding carboxylic acids is 2. The summed E-state index contributed by atoms with van der Waals surface area (Å²) in [5.74, 6) is -0.898. The van der Waals surface area contributed by atoms with Gasteiger partial charge in [-0.2, -0.15) is 10.2 Å². The van der Waals surface area contributed by atoms with Crippen molar-refractivity contribution in [2.45, 2.75) is 153 Å². The third-order valence-electron chi connectivity index (χ3n) is 11.2. The van der Waals surface area contributed by atoms with Gasteiger partial charge in [0.1, 0.15) is 0 Å². The largest absolute Gasteiger partial charge is 0.464 e. The molecule has 2 fully saturated rings. The molecule has 2 spiro atoms. The van der Waals surface area contributed by atoms with E-state index in [1.807, 2.05) is 0 Å². The minimum atomic E-state index is -3.08. The lowest BCUT2D eigenvalue weighted by Crippen LogP contribution is -2.59. The summed E-state index contributed by atoms with van der Waals surface area (Å²) in [6.07, 6.45) is 13.4. The fourth-order valence-corrected chi connectivity index (χ4v) is 17.9. The smallest absolute Gasteiger partial charge is 0.358 e. The molecule has 12 heteroatoms. The number of hydrogen-bond donors (Lipinski definition) is 0. The molecule has 4 bridgehead atoms. The fourth-order valence-electron chi connectivity index (χ4n) is 8.95. The van der Waals surface area contributed by atoms with Gasteiger partial charge in [0.2, 0.25) is 0 Å². The van der Waals surface area contributed by atoms with Crippen LogP contribution in [-0.2, 0) is 29.5 Å². The van der Waals surface area contributed by atoms with Crippen molar-refractivity contribution in [3.05, 3.63) is 34.9 Å². The highest BCUT2D eigenvalue weighted by Gasteiger charge is 2.59. The molecular weight excluding hydrogens is 617 g/mol. The number of fused-ring (bicyclic) bond motifs is 6. The van der Waals surface area contributed by atoms with Crippen LogP contribution in [0.5, 0.6) is 0 Å². The summed E-state index contributed by atoms with van der Waals surface area (Å²) in [6.45, 7) is 17.7. The minimum absolute atomic E-state index is 0.0899. The van der Waals surface area contributed by atoms with E-state index in [9.17, 15) is 9.59 Å². The molecule has 0 radical (unpaired) electrons. The van der Waals surface area contributed by atoms with E-state index >= 15 is 0 Å². The highest BCUT2D eigenvalue weighted by molar-refractivity contribution is 6.75. The van der Waals surface area contributed by atoms with Gasteiger partial charge in [-0.05, 0) is 47.8 Å². The molecule has 2 aromatic rings. The van der Waals surface area contributed by atoms with Gasteiger partial charge in [0.25, 0.3) is 0 Å². The van der Waals surface area contributed by atoms with Crippen LogP contribution in [0.4, 0.5) is 0 Å². The first kappa shape index (κ1) is 35.0. The normalized spacial score (nSPS) is 21.9. The molecule has 0 N–H and O–H groups in total. The molecule has 2 aliphatic carbocycles. The maximum Gasteiger partial charge on any atom is 0.358 e. The monoisotopic (exact) mass is 672 g/mol. The van der Waals surface area contributed by atoms with Crippen LogP contribution in [0.1, 0.15) is 152 Å². The average Bonchev–Trinajstić information content (AvgIpc) is 3.69. The van der Waals surface area contributed by atoms with Gasteiger partial charge in [-0.15, -0.1) is 0 Å². The average molecular weight is 673 g/mol. The standard InChI is InChI=1S/C34H56N4O6Si2/c1-23(2)45(24(3)4)37-21-27(29(35-37)31(39)41-9)34(19-15-12-16-20-34)44-46(25(5)6,26(7)8)38-22-28(30(36-38)32(40)42-10)33(43-45)17-13-11-14-18-33/h21-26H,11-20H2,1-10H3. The Morgan fingerprint density at radius 3 is 1.20 bits per heavy atom. The van der Waals surface area contributed by atoms with E-state index in [0.717, 1.165) is 75.3 Å². The maximum atomic E-state index is 13.7. The highest BCUT2D eigenvalue weighted by Crippen LogP contribution is 2.53. The van der Waals surface area contributed by atoms with Gasteiger partial charge in [0.05, 0.1) is 25.4 Å². The van der Waals surface area contributed by atoms with Crippen LogP contribution in [0.15, 0.2) is 12.4 Å². The van der Waals surface area contributed by atoms with Gasteiger partial charge < -0.3 is 18.3 Å². The van der Waals surface area contributed by atoms with E-state index in [1.54, 1.807) is 0 Å². The minimum Gasteiger partial charge on any atom is -0.464 e. The zero-order valence-electron chi connectivity index (χ0n) is 29.8. The Labute approximate surface area is 277 Å². The first-order valence-electron chi connectivity index (χ1n) is 17.5. The number of ether oxygens (including phenoxy) is 2. The lowest BCUT2D eigenvalue weighted by Gasteiger charge is -2.49. The van der Waals surface area contributed by atoms with Gasteiger partial charge in [-0.25, -0.2) is 9.59 Å². The van der Waals surface area contributed by atoms with Crippen LogP contribution >= 0.6 is 0 Å². The molecule has 5 rings (SSSR count). The summed E-state index contributed by atoms with van der Waals surface area (Å²) >= 11 is 0. The fraction of sp³-hybridized carbons (Fsp3) is 0.765. The predicted octanol–water partition coefficient (Wildman–Crippen LogP) is 7.94. The molecule has 256 valence electrons. The summed E-state index contributed by atoms with van der Waals surface area (Å²) in [7, 11) is -3.31. The second-order valence-electron chi connectivity index (χ2n) is 15.1. The molecule has 2 saturated carbocycles. The zero-order valence-corrected chi connectivity index (χ0v) is 31.8. The summed E-state index contributed by atoms with van der Waals surface area (Å²) < 4.78 is 30.6. The highest BCUT2D eigenvalue weighted by atomic mass is 28.4. The third-order valence-corrected chi connectivity index (χ3v) is 21.2. The Kier molecular flexibility index (Phi) is 9.87. The van der Waals surface area contributed by atoms with Crippen LogP contribution in [0.3, 0.4) is 0 Å². The van der Waals surface area contributed by atoms with Gasteiger partial charge in [0.15, 0.2) is 11.4 Å². The number of hydrogen-bond acceptors (Lipinski definition) is 8. The molecule has 46 heavy (non-hydrogen) atoms. The van der Waals surface area contributed by atoms with Crippen molar-refractivity contribution < 1.29 is 27.9 Å². The second kappa shape index (κ2) is 13.0. The van der Waals surface area contributed by atoms with E-state index in [0.29, 0.717) is 11.4 Å². The molecule has 3 heterocycles. The van der Waals surface area contributed by atoms with Crippen LogP contribution in [-0.4, -0.2) is 62.0 Å². The van der Waals surface area contributed by atoms with Gasteiger partial charge in [-0.1, -0.05) is 93.9 Å². The predicted molar refractivity (Wildman–Crippen MR) is 182 cm³/mol. The van der Waals surface area contributed by atoms with Crippen molar-refractivity contribution in [3.8, 4) is 0 Å². The van der Waals surface area contributed by atoms with Crippen molar-refractivity contribution in [1.82, 2.24) is 18.9 Å². The molecule has 3 aliphatic rings. The number of methoxy groups -OCH3 is 2. The Morgan fingerprint density at radius 1 is 0.630 bits per heavy atom. The molecule has 10 nitrogen and oxygen atoms in total. The van der Waals surface area contributed by atoms with Crippen molar-refractivity contribution in [2.75, 3.05) is 14.2 Å². The number of carbonyl (C=O) groups is 2. The topological polar surface area (TPSA) is 107 Å². The molecule has 0 atom stereocenters. The molecule has 0 amide bonds. The molecule has 2 aromatic heterocycles. The van der Waals surface area contributed by atoms with Gasteiger partial charge in [0, 0.05) is 23.5 Å². The maximum absolute atomic E-state index is 13.7. The van der Waals surface area contributed by atoms with Crippen LogP contribution < -0.4 is 0 Å². The number of rotatable bonds is 6.